The number of fused-ring (bicyclic) bond motifs is 1. The number of anilines is 1. The lowest BCUT2D eigenvalue weighted by atomic mass is 10.3. The molecule has 0 aliphatic heterocycles. The zero-order valence-corrected chi connectivity index (χ0v) is 12.1. The molecule has 0 aliphatic carbocycles. The van der Waals surface area contributed by atoms with Crippen molar-refractivity contribution in [3.05, 3.63) is 16.8 Å². The maximum Gasteiger partial charge on any atom is 0.222 e. The molecule has 3 rings (SSSR count). The molecule has 0 fully saturated rings. The Labute approximate surface area is 117 Å². The monoisotopic (exact) mass is 292 g/mol. The fraction of sp³-hybridized carbons (Fsp3) is 0.273. The molecule has 3 heterocycles. The van der Waals surface area contributed by atoms with Crippen LogP contribution in [0.25, 0.3) is 10.2 Å². The van der Waals surface area contributed by atoms with Crippen LogP contribution >= 0.6 is 23.1 Å². The van der Waals surface area contributed by atoms with E-state index < -0.39 is 0 Å². The summed E-state index contributed by atoms with van der Waals surface area (Å²) < 4.78 is 0. The molecular formula is C11H12N6S2. The molecule has 8 heteroatoms. The van der Waals surface area contributed by atoms with Crippen molar-refractivity contribution in [2.24, 2.45) is 0 Å². The number of nitrogens with two attached hydrogens (primary N) is 1. The summed E-state index contributed by atoms with van der Waals surface area (Å²) in [6, 6.07) is 2.11. The van der Waals surface area contributed by atoms with Gasteiger partial charge >= 0.3 is 0 Å². The maximum absolute atomic E-state index is 5.76. The van der Waals surface area contributed by atoms with Gasteiger partial charge in [-0.15, -0.1) is 16.4 Å². The molecule has 0 amide bonds. The zero-order valence-electron chi connectivity index (χ0n) is 10.5. The number of hydrogen-bond donors (Lipinski definition) is 2. The highest BCUT2D eigenvalue weighted by atomic mass is 32.2. The van der Waals surface area contributed by atoms with Crippen molar-refractivity contribution in [2.75, 3.05) is 5.73 Å². The lowest BCUT2D eigenvalue weighted by Gasteiger charge is -1.99. The average Bonchev–Trinajstić information content (AvgIpc) is 2.95. The van der Waals surface area contributed by atoms with Crippen molar-refractivity contribution in [3.63, 3.8) is 0 Å². The minimum atomic E-state index is 0.284. The third-order valence-electron chi connectivity index (χ3n) is 2.54. The van der Waals surface area contributed by atoms with E-state index in [1.165, 1.54) is 16.6 Å². The largest absolute Gasteiger partial charge is 0.368 e. The quantitative estimate of drug-likeness (QED) is 0.720. The Morgan fingerprint density at radius 1 is 1.37 bits per heavy atom. The smallest absolute Gasteiger partial charge is 0.222 e. The fourth-order valence-electron chi connectivity index (χ4n) is 1.67. The summed E-state index contributed by atoms with van der Waals surface area (Å²) in [6.45, 7) is 3.98. The van der Waals surface area contributed by atoms with Crippen molar-refractivity contribution in [1.82, 2.24) is 25.1 Å². The molecule has 0 atom stereocenters. The second kappa shape index (κ2) is 4.78. The molecule has 0 unspecified atom stereocenters. The predicted octanol–water partition coefficient (Wildman–Crippen LogP) is 2.41. The van der Waals surface area contributed by atoms with Crippen molar-refractivity contribution in [3.8, 4) is 0 Å². The normalized spacial score (nSPS) is 11.3. The molecule has 3 aromatic heterocycles. The van der Waals surface area contributed by atoms with Gasteiger partial charge < -0.3 is 5.73 Å². The van der Waals surface area contributed by atoms with Crippen LogP contribution in [-0.2, 0) is 6.42 Å². The topological polar surface area (TPSA) is 93.4 Å². The number of nitrogens with zero attached hydrogens (tertiary/aromatic N) is 4. The first kappa shape index (κ1) is 12.4. The predicted molar refractivity (Wildman–Crippen MR) is 76.4 cm³/mol. The molecule has 0 aliphatic rings. The number of aromatic nitrogens is 5. The van der Waals surface area contributed by atoms with Gasteiger partial charge in [0.25, 0.3) is 0 Å². The minimum absolute atomic E-state index is 0.284. The molecule has 0 saturated carbocycles. The summed E-state index contributed by atoms with van der Waals surface area (Å²) in [5.41, 5.74) is 5.76. The minimum Gasteiger partial charge on any atom is -0.368 e. The van der Waals surface area contributed by atoms with Gasteiger partial charge in [0.15, 0.2) is 0 Å². The number of aromatic amines is 1. The van der Waals surface area contributed by atoms with E-state index in [-0.39, 0.29) is 5.95 Å². The van der Waals surface area contributed by atoms with Gasteiger partial charge in [0, 0.05) is 10.3 Å². The summed E-state index contributed by atoms with van der Waals surface area (Å²) in [4.78, 5) is 15.0. The molecule has 98 valence electrons. The molecular weight excluding hydrogens is 280 g/mol. The van der Waals surface area contributed by atoms with Crippen LogP contribution in [0.15, 0.2) is 16.2 Å². The molecule has 19 heavy (non-hydrogen) atoms. The number of thiophene rings is 1. The summed E-state index contributed by atoms with van der Waals surface area (Å²) in [6.07, 6.45) is 0.977. The van der Waals surface area contributed by atoms with Crippen LogP contribution in [-0.4, -0.2) is 25.1 Å². The van der Waals surface area contributed by atoms with Gasteiger partial charge in [-0.05, 0) is 31.2 Å². The second-order valence-corrected chi connectivity index (χ2v) is 6.05. The third kappa shape index (κ3) is 2.41. The van der Waals surface area contributed by atoms with Crippen LogP contribution in [0.4, 0.5) is 5.95 Å². The first-order valence-corrected chi connectivity index (χ1v) is 7.42. The van der Waals surface area contributed by atoms with Gasteiger partial charge in [-0.3, -0.25) is 5.10 Å². The van der Waals surface area contributed by atoms with E-state index in [0.29, 0.717) is 5.16 Å². The molecule has 0 bridgehead atoms. The lowest BCUT2D eigenvalue weighted by Crippen LogP contribution is -1.95. The van der Waals surface area contributed by atoms with E-state index in [4.69, 9.17) is 5.73 Å². The Hall–Kier alpha value is -1.67. The van der Waals surface area contributed by atoms with E-state index >= 15 is 0 Å². The van der Waals surface area contributed by atoms with E-state index in [2.05, 4.69) is 38.1 Å². The second-order valence-electron chi connectivity index (χ2n) is 3.98. The Bertz CT molecular complexity index is 732. The lowest BCUT2D eigenvalue weighted by molar-refractivity contribution is 0.965. The standard InChI is InChI=1S/C11H12N6S2/c1-3-6-4-7-8(18-6)14-10(12)15-9(7)19-11-13-5(2)16-17-11/h4H,3H2,1-2H3,(H2,12,14,15)(H,13,16,17). The van der Waals surface area contributed by atoms with Gasteiger partial charge in [0.05, 0.1) is 0 Å². The summed E-state index contributed by atoms with van der Waals surface area (Å²) in [5.74, 6) is 1.06. The Morgan fingerprint density at radius 2 is 2.21 bits per heavy atom. The number of aryl methyl sites for hydroxylation is 2. The summed E-state index contributed by atoms with van der Waals surface area (Å²) in [7, 11) is 0. The molecule has 0 saturated heterocycles. The van der Waals surface area contributed by atoms with Gasteiger partial charge in [0.2, 0.25) is 11.1 Å². The van der Waals surface area contributed by atoms with Gasteiger partial charge in [-0.2, -0.15) is 0 Å². The van der Waals surface area contributed by atoms with Crippen LogP contribution in [0.1, 0.15) is 17.6 Å². The number of nitrogen functional groups attached to an aromatic ring is 1. The van der Waals surface area contributed by atoms with Crippen molar-refractivity contribution < 1.29 is 0 Å². The first-order valence-electron chi connectivity index (χ1n) is 5.78. The van der Waals surface area contributed by atoms with E-state index in [0.717, 1.165) is 27.5 Å². The molecule has 3 aromatic rings. The Morgan fingerprint density at radius 3 is 2.89 bits per heavy atom. The van der Waals surface area contributed by atoms with Gasteiger partial charge in [-0.1, -0.05) is 6.92 Å². The Kier molecular flexibility index (Phi) is 3.11. The van der Waals surface area contributed by atoms with Crippen LogP contribution in [0.2, 0.25) is 0 Å². The molecule has 3 N–H and O–H groups in total. The van der Waals surface area contributed by atoms with Gasteiger partial charge in [-0.25, -0.2) is 15.0 Å². The maximum atomic E-state index is 5.76. The van der Waals surface area contributed by atoms with E-state index in [1.807, 2.05) is 6.92 Å². The molecule has 0 aromatic carbocycles. The number of nitrogens with one attached hydrogen (secondary N) is 1. The number of rotatable bonds is 3. The highest BCUT2D eigenvalue weighted by Crippen LogP contribution is 2.34. The van der Waals surface area contributed by atoms with Gasteiger partial charge in [0.1, 0.15) is 15.7 Å². The molecule has 6 nitrogen and oxygen atoms in total. The van der Waals surface area contributed by atoms with Crippen LogP contribution < -0.4 is 5.73 Å². The number of hydrogen-bond acceptors (Lipinski definition) is 7. The highest BCUT2D eigenvalue weighted by Gasteiger charge is 2.13. The van der Waals surface area contributed by atoms with Crippen molar-refractivity contribution in [1.29, 1.82) is 0 Å². The van der Waals surface area contributed by atoms with Crippen molar-refractivity contribution in [2.45, 2.75) is 30.5 Å². The van der Waals surface area contributed by atoms with E-state index in [1.54, 1.807) is 11.3 Å². The van der Waals surface area contributed by atoms with Crippen LogP contribution in [0.3, 0.4) is 0 Å². The first-order chi connectivity index (χ1) is 9.15. The summed E-state index contributed by atoms with van der Waals surface area (Å²) in [5, 5.41) is 9.38. The third-order valence-corrected chi connectivity index (χ3v) is 4.58. The average molecular weight is 292 g/mol. The fourth-order valence-corrected chi connectivity index (χ4v) is 3.56. The van der Waals surface area contributed by atoms with Crippen LogP contribution in [0, 0.1) is 6.92 Å². The highest BCUT2D eigenvalue weighted by molar-refractivity contribution is 7.99. The zero-order chi connectivity index (χ0) is 13.4. The molecule has 0 spiro atoms. The van der Waals surface area contributed by atoms with E-state index in [9.17, 15) is 0 Å². The Balaban J connectivity index is 2.08. The van der Waals surface area contributed by atoms with Crippen LogP contribution in [0.5, 0.6) is 0 Å². The van der Waals surface area contributed by atoms with Crippen molar-refractivity contribution >= 4 is 39.3 Å². The molecule has 0 radical (unpaired) electrons. The SMILES string of the molecule is CCc1cc2c(Sc3n[nH]c(C)n3)nc(N)nc2s1. The summed E-state index contributed by atoms with van der Waals surface area (Å²) >= 11 is 3.05. The number of H-pyrrole nitrogens is 1.